The zero-order chi connectivity index (χ0) is 41.2. The number of nitrogens with zero attached hydrogens (tertiary/aromatic N) is 3. The first kappa shape index (κ1) is 36.8. The number of hydrogen-bond donors (Lipinski definition) is 1. The van der Waals surface area contributed by atoms with Crippen LogP contribution < -0.4 is 5.32 Å². The SMILES string of the molecule is c1ccc(C2=NC(c3ccc(-c4ccc5nc(-c6ccccc6)c6cccc(-c7ccccc7)c6c5c4)cc3)N=C(c3cc(-c4ccccc4)cc(-c4ccccc4)c3)N2)cc1. The van der Waals surface area contributed by atoms with Crippen LogP contribution in [0.1, 0.15) is 22.9 Å². The maximum atomic E-state index is 5.33. The lowest BCUT2D eigenvalue weighted by molar-refractivity contribution is 0.756. The lowest BCUT2D eigenvalue weighted by atomic mass is 9.91. The molecule has 0 radical (unpaired) electrons. The molecular weight excluding hydrogens is 753 g/mol. The third-order valence-electron chi connectivity index (χ3n) is 11.7. The van der Waals surface area contributed by atoms with Crippen molar-refractivity contribution in [3.63, 3.8) is 0 Å². The molecule has 4 heteroatoms. The van der Waals surface area contributed by atoms with E-state index in [2.05, 4.69) is 218 Å². The van der Waals surface area contributed by atoms with Crippen LogP contribution in [-0.4, -0.2) is 16.7 Å². The Hall–Kier alpha value is -8.21. The summed E-state index contributed by atoms with van der Waals surface area (Å²) < 4.78 is 0. The van der Waals surface area contributed by atoms with Crippen LogP contribution in [-0.2, 0) is 0 Å². The molecule has 11 rings (SSSR count). The Morgan fingerprint density at radius 3 is 1.40 bits per heavy atom. The first-order chi connectivity index (χ1) is 30.7. The summed E-state index contributed by atoms with van der Waals surface area (Å²) >= 11 is 0. The van der Waals surface area contributed by atoms with Crippen molar-refractivity contribution in [2.45, 2.75) is 6.17 Å². The fourth-order valence-electron chi connectivity index (χ4n) is 8.60. The van der Waals surface area contributed by atoms with E-state index in [0.29, 0.717) is 0 Å². The minimum Gasteiger partial charge on any atom is -0.324 e. The first-order valence-electron chi connectivity index (χ1n) is 21.0. The highest BCUT2D eigenvalue weighted by atomic mass is 15.2. The zero-order valence-electron chi connectivity index (χ0n) is 33.9. The monoisotopic (exact) mass is 792 g/mol. The first-order valence-corrected chi connectivity index (χ1v) is 21.0. The molecule has 0 fully saturated rings. The Morgan fingerprint density at radius 2 is 0.806 bits per heavy atom. The number of rotatable bonds is 8. The molecule has 2 heterocycles. The van der Waals surface area contributed by atoms with Crippen LogP contribution in [0.5, 0.6) is 0 Å². The van der Waals surface area contributed by atoms with Crippen molar-refractivity contribution in [2.24, 2.45) is 9.98 Å². The summed E-state index contributed by atoms with van der Waals surface area (Å²) in [4.78, 5) is 15.8. The highest BCUT2D eigenvalue weighted by Gasteiger charge is 2.22. The van der Waals surface area contributed by atoms with Gasteiger partial charge in [0.2, 0.25) is 0 Å². The normalized spacial score (nSPS) is 13.6. The minimum atomic E-state index is -0.453. The highest BCUT2D eigenvalue weighted by Crippen LogP contribution is 2.40. The van der Waals surface area contributed by atoms with Gasteiger partial charge in [-0.15, -0.1) is 0 Å². The highest BCUT2D eigenvalue weighted by molar-refractivity contribution is 6.18. The lowest BCUT2D eigenvalue weighted by Crippen LogP contribution is -2.36. The van der Waals surface area contributed by atoms with Gasteiger partial charge in [-0.05, 0) is 80.4 Å². The quantitative estimate of drug-likeness (QED) is 0.156. The maximum absolute atomic E-state index is 5.33. The predicted molar refractivity (Wildman–Crippen MR) is 258 cm³/mol. The van der Waals surface area contributed by atoms with Crippen molar-refractivity contribution in [3.8, 4) is 55.8 Å². The number of fused-ring (bicyclic) bond motifs is 3. The van der Waals surface area contributed by atoms with E-state index in [-0.39, 0.29) is 0 Å². The van der Waals surface area contributed by atoms with Gasteiger partial charge in [0, 0.05) is 32.8 Å². The van der Waals surface area contributed by atoms with Crippen molar-refractivity contribution in [2.75, 3.05) is 0 Å². The summed E-state index contributed by atoms with van der Waals surface area (Å²) in [7, 11) is 0. The van der Waals surface area contributed by atoms with Crippen molar-refractivity contribution >= 4 is 33.3 Å². The van der Waals surface area contributed by atoms with E-state index in [1.807, 2.05) is 18.2 Å². The molecule has 0 spiro atoms. The predicted octanol–water partition coefficient (Wildman–Crippen LogP) is 14.2. The fraction of sp³-hybridized carbons (Fsp3) is 0.0172. The van der Waals surface area contributed by atoms with E-state index in [0.717, 1.165) is 89.3 Å². The summed E-state index contributed by atoms with van der Waals surface area (Å²) in [5, 5.41) is 7.09. The molecule has 4 nitrogen and oxygen atoms in total. The Balaban J connectivity index is 1.01. The maximum Gasteiger partial charge on any atom is 0.169 e. The summed E-state index contributed by atoms with van der Waals surface area (Å²) in [5.74, 6) is 1.56. The molecule has 0 aliphatic carbocycles. The van der Waals surface area contributed by atoms with Gasteiger partial charge in [-0.2, -0.15) is 0 Å². The van der Waals surface area contributed by atoms with Gasteiger partial charge in [0.05, 0.1) is 11.2 Å². The number of aliphatic imine (C=N–C) groups is 2. The molecule has 62 heavy (non-hydrogen) atoms. The Bertz CT molecular complexity index is 3210. The van der Waals surface area contributed by atoms with Gasteiger partial charge in [-0.25, -0.2) is 15.0 Å². The number of aromatic nitrogens is 1. The zero-order valence-corrected chi connectivity index (χ0v) is 33.9. The lowest BCUT2D eigenvalue weighted by Gasteiger charge is -2.23. The molecule has 0 bridgehead atoms. The van der Waals surface area contributed by atoms with Crippen LogP contribution >= 0.6 is 0 Å². The van der Waals surface area contributed by atoms with E-state index >= 15 is 0 Å². The standard InChI is InChI=1S/C58H40N4/c1-6-17-39(18-7-1)47-35-48(40-19-8-2-9-20-40)37-49(36-47)58-61-56(44-25-14-5-15-26-44)60-57(62-58)45-31-29-41(30-32-45)46-33-34-53-52(38-46)54-50(42-21-10-3-11-22-42)27-16-28-51(54)55(59-53)43-23-12-4-13-24-43/h1-38,57H,(H,60,61,62). The van der Waals surface area contributed by atoms with Crippen LogP contribution in [0.3, 0.4) is 0 Å². The molecule has 0 saturated heterocycles. The molecule has 9 aromatic carbocycles. The van der Waals surface area contributed by atoms with Gasteiger partial charge in [0.25, 0.3) is 0 Å². The molecule has 0 amide bonds. The fourth-order valence-corrected chi connectivity index (χ4v) is 8.60. The van der Waals surface area contributed by atoms with E-state index in [1.54, 1.807) is 0 Å². The van der Waals surface area contributed by atoms with E-state index < -0.39 is 6.17 Å². The van der Waals surface area contributed by atoms with Crippen LogP contribution in [0.4, 0.5) is 0 Å². The summed E-state index contributed by atoms with van der Waals surface area (Å²) in [6.07, 6.45) is -0.453. The van der Waals surface area contributed by atoms with Crippen molar-refractivity contribution in [1.29, 1.82) is 0 Å². The molecule has 1 atom stereocenters. The second-order valence-corrected chi connectivity index (χ2v) is 15.6. The van der Waals surface area contributed by atoms with Gasteiger partial charge >= 0.3 is 0 Å². The second-order valence-electron chi connectivity index (χ2n) is 15.6. The molecule has 10 aromatic rings. The molecular formula is C58H40N4. The Kier molecular flexibility index (Phi) is 9.56. The topological polar surface area (TPSA) is 49.6 Å². The van der Waals surface area contributed by atoms with Crippen LogP contribution in [0, 0.1) is 0 Å². The molecule has 1 aromatic heterocycles. The average molecular weight is 793 g/mol. The Morgan fingerprint density at radius 1 is 0.323 bits per heavy atom. The second kappa shape index (κ2) is 16.1. The third kappa shape index (κ3) is 7.14. The molecule has 1 aliphatic rings. The molecule has 292 valence electrons. The third-order valence-corrected chi connectivity index (χ3v) is 11.7. The smallest absolute Gasteiger partial charge is 0.169 e. The van der Waals surface area contributed by atoms with Gasteiger partial charge < -0.3 is 5.32 Å². The van der Waals surface area contributed by atoms with Crippen molar-refractivity contribution < 1.29 is 0 Å². The number of amidine groups is 2. The summed E-state index contributed by atoms with van der Waals surface area (Å²) in [6, 6.07) is 81.2. The number of nitrogens with one attached hydrogen (secondary N) is 1. The largest absolute Gasteiger partial charge is 0.324 e. The molecule has 1 aliphatic heterocycles. The van der Waals surface area contributed by atoms with Crippen LogP contribution in [0.15, 0.2) is 241 Å². The van der Waals surface area contributed by atoms with E-state index in [9.17, 15) is 0 Å². The van der Waals surface area contributed by atoms with E-state index in [1.165, 1.54) is 16.5 Å². The van der Waals surface area contributed by atoms with E-state index in [4.69, 9.17) is 15.0 Å². The van der Waals surface area contributed by atoms with Gasteiger partial charge in [-0.3, -0.25) is 0 Å². The Labute approximate surface area is 361 Å². The van der Waals surface area contributed by atoms with Gasteiger partial charge in [0.1, 0.15) is 11.7 Å². The van der Waals surface area contributed by atoms with Crippen LogP contribution in [0.2, 0.25) is 0 Å². The minimum absolute atomic E-state index is 0.453. The van der Waals surface area contributed by atoms with Crippen molar-refractivity contribution in [1.82, 2.24) is 10.3 Å². The van der Waals surface area contributed by atoms with Crippen molar-refractivity contribution in [3.05, 3.63) is 247 Å². The number of hydrogen-bond acceptors (Lipinski definition) is 4. The molecule has 1 unspecified atom stereocenters. The molecule has 1 N–H and O–H groups in total. The summed E-state index contributed by atoms with van der Waals surface area (Å²) in [6.45, 7) is 0. The summed E-state index contributed by atoms with van der Waals surface area (Å²) in [5.41, 5.74) is 15.2. The van der Waals surface area contributed by atoms with Crippen LogP contribution in [0.25, 0.3) is 77.4 Å². The van der Waals surface area contributed by atoms with Gasteiger partial charge in [0.15, 0.2) is 6.17 Å². The average Bonchev–Trinajstić information content (AvgIpc) is 3.37. The number of pyridine rings is 1. The number of benzene rings is 9. The molecule has 0 saturated carbocycles. The van der Waals surface area contributed by atoms with Gasteiger partial charge in [-0.1, -0.05) is 200 Å².